The van der Waals surface area contributed by atoms with Crippen molar-refractivity contribution in [1.29, 1.82) is 0 Å². The van der Waals surface area contributed by atoms with Crippen LogP contribution >= 0.6 is 11.3 Å². The third-order valence-electron chi connectivity index (χ3n) is 2.53. The summed E-state index contributed by atoms with van der Waals surface area (Å²) < 4.78 is 0. The number of hydrogen-bond acceptors (Lipinski definition) is 3. The van der Waals surface area contributed by atoms with E-state index in [9.17, 15) is 9.59 Å². The Labute approximate surface area is 125 Å². The van der Waals surface area contributed by atoms with Crippen molar-refractivity contribution in [3.8, 4) is 0 Å². The summed E-state index contributed by atoms with van der Waals surface area (Å²) in [5.74, 6) is -0.981. The van der Waals surface area contributed by atoms with E-state index >= 15 is 0 Å². The largest absolute Gasteiger partial charge is 0.478 e. The number of urea groups is 1. The number of amides is 2. The average Bonchev–Trinajstić information content (AvgIpc) is 2.92. The van der Waals surface area contributed by atoms with Crippen molar-refractivity contribution in [1.82, 2.24) is 5.32 Å². The molecule has 1 heterocycles. The predicted octanol–water partition coefficient (Wildman–Crippen LogP) is 3.17. The van der Waals surface area contributed by atoms with Crippen LogP contribution in [0.3, 0.4) is 0 Å². The molecule has 0 atom stereocenters. The van der Waals surface area contributed by atoms with Gasteiger partial charge in [0.05, 0.1) is 6.54 Å². The van der Waals surface area contributed by atoms with E-state index in [4.69, 9.17) is 5.11 Å². The lowest BCUT2D eigenvalue weighted by molar-refractivity contribution is -0.131. The van der Waals surface area contributed by atoms with Crippen LogP contribution in [0.4, 0.5) is 10.5 Å². The van der Waals surface area contributed by atoms with E-state index in [1.807, 2.05) is 30.3 Å². The lowest BCUT2D eigenvalue weighted by atomic mass is 10.3. The van der Waals surface area contributed by atoms with Crippen LogP contribution < -0.4 is 10.6 Å². The van der Waals surface area contributed by atoms with Gasteiger partial charge in [0, 0.05) is 21.5 Å². The highest BCUT2D eigenvalue weighted by molar-refractivity contribution is 7.12. The molecule has 2 rings (SSSR count). The van der Waals surface area contributed by atoms with Crippen LogP contribution in [0.25, 0.3) is 6.08 Å². The zero-order chi connectivity index (χ0) is 15.1. The van der Waals surface area contributed by atoms with Crippen LogP contribution in [0.2, 0.25) is 0 Å². The second-order valence-corrected chi connectivity index (χ2v) is 5.35. The highest BCUT2D eigenvalue weighted by Gasteiger charge is 2.03. The van der Waals surface area contributed by atoms with Gasteiger partial charge in [-0.25, -0.2) is 9.59 Å². The van der Waals surface area contributed by atoms with Crippen LogP contribution in [0, 0.1) is 0 Å². The maximum Gasteiger partial charge on any atom is 0.328 e. The van der Waals surface area contributed by atoms with E-state index in [1.54, 1.807) is 12.1 Å². The molecule has 5 nitrogen and oxygen atoms in total. The molecule has 1 aromatic carbocycles. The highest BCUT2D eigenvalue weighted by Crippen LogP contribution is 2.17. The van der Waals surface area contributed by atoms with Gasteiger partial charge in [-0.3, -0.25) is 0 Å². The topological polar surface area (TPSA) is 78.4 Å². The molecule has 3 N–H and O–H groups in total. The molecule has 1 aromatic heterocycles. The first-order valence-electron chi connectivity index (χ1n) is 6.23. The van der Waals surface area contributed by atoms with Crippen molar-refractivity contribution in [2.75, 3.05) is 5.32 Å². The molecule has 0 saturated carbocycles. The molecule has 0 spiro atoms. The normalized spacial score (nSPS) is 10.5. The molecular weight excluding hydrogens is 288 g/mol. The Morgan fingerprint density at radius 1 is 1.14 bits per heavy atom. The van der Waals surface area contributed by atoms with E-state index in [0.29, 0.717) is 6.54 Å². The summed E-state index contributed by atoms with van der Waals surface area (Å²) in [6, 6.07) is 12.6. The maximum absolute atomic E-state index is 11.7. The third-order valence-corrected chi connectivity index (χ3v) is 3.58. The summed E-state index contributed by atoms with van der Waals surface area (Å²) in [5, 5.41) is 14.0. The second-order valence-electron chi connectivity index (χ2n) is 4.15. The molecule has 0 fully saturated rings. The van der Waals surface area contributed by atoms with Gasteiger partial charge in [-0.1, -0.05) is 18.2 Å². The van der Waals surface area contributed by atoms with Crippen LogP contribution in [0.1, 0.15) is 9.75 Å². The van der Waals surface area contributed by atoms with Crippen LogP contribution in [0.5, 0.6) is 0 Å². The summed E-state index contributed by atoms with van der Waals surface area (Å²) in [6.07, 6.45) is 2.62. The van der Waals surface area contributed by atoms with Crippen LogP contribution in [-0.4, -0.2) is 17.1 Å². The first-order valence-corrected chi connectivity index (χ1v) is 7.05. The van der Waals surface area contributed by atoms with Crippen molar-refractivity contribution in [2.24, 2.45) is 0 Å². The van der Waals surface area contributed by atoms with Gasteiger partial charge >= 0.3 is 12.0 Å². The van der Waals surface area contributed by atoms with Crippen LogP contribution in [-0.2, 0) is 11.3 Å². The number of para-hydroxylation sites is 1. The fourth-order valence-corrected chi connectivity index (χ4v) is 2.45. The second kappa shape index (κ2) is 7.25. The van der Waals surface area contributed by atoms with Crippen molar-refractivity contribution < 1.29 is 14.7 Å². The molecule has 0 aliphatic carbocycles. The summed E-state index contributed by atoms with van der Waals surface area (Å²) in [6.45, 7) is 0.393. The van der Waals surface area contributed by atoms with Gasteiger partial charge < -0.3 is 15.7 Å². The Kier molecular flexibility index (Phi) is 5.11. The molecule has 0 radical (unpaired) electrons. The van der Waals surface area contributed by atoms with Crippen LogP contribution in [0.15, 0.2) is 48.5 Å². The molecular formula is C15H14N2O3S. The van der Waals surface area contributed by atoms with Gasteiger partial charge in [0.1, 0.15) is 0 Å². The van der Waals surface area contributed by atoms with Gasteiger partial charge in [0.15, 0.2) is 0 Å². The molecule has 21 heavy (non-hydrogen) atoms. The smallest absolute Gasteiger partial charge is 0.328 e. The monoisotopic (exact) mass is 302 g/mol. The number of carboxylic acid groups (broad SMARTS) is 1. The van der Waals surface area contributed by atoms with Gasteiger partial charge in [0.2, 0.25) is 0 Å². The number of hydrogen-bond donors (Lipinski definition) is 3. The van der Waals surface area contributed by atoms with Gasteiger partial charge in [0.25, 0.3) is 0 Å². The molecule has 2 aromatic rings. The summed E-state index contributed by atoms with van der Waals surface area (Å²) in [5.41, 5.74) is 0.728. The van der Waals surface area contributed by atoms with E-state index in [-0.39, 0.29) is 6.03 Å². The van der Waals surface area contributed by atoms with Gasteiger partial charge in [-0.2, -0.15) is 0 Å². The zero-order valence-corrected chi connectivity index (χ0v) is 11.9. The fraction of sp³-hybridized carbons (Fsp3) is 0.0667. The summed E-state index contributed by atoms with van der Waals surface area (Å²) in [7, 11) is 0. The number of carbonyl (C=O) groups is 2. The summed E-state index contributed by atoms with van der Waals surface area (Å²) >= 11 is 1.43. The molecule has 0 aliphatic heterocycles. The minimum Gasteiger partial charge on any atom is -0.478 e. The van der Waals surface area contributed by atoms with Crippen molar-refractivity contribution in [3.63, 3.8) is 0 Å². The van der Waals surface area contributed by atoms with E-state index in [0.717, 1.165) is 21.5 Å². The third kappa shape index (κ3) is 5.12. The number of thiophene rings is 1. The Balaban J connectivity index is 1.83. The molecule has 6 heteroatoms. The molecule has 0 unspecified atom stereocenters. The van der Waals surface area contributed by atoms with Gasteiger partial charge in [-0.15, -0.1) is 11.3 Å². The Morgan fingerprint density at radius 3 is 2.62 bits per heavy atom. The lowest BCUT2D eigenvalue weighted by Gasteiger charge is -2.06. The zero-order valence-electron chi connectivity index (χ0n) is 11.1. The van der Waals surface area contributed by atoms with E-state index < -0.39 is 5.97 Å². The SMILES string of the molecule is O=C(O)C=Cc1ccc(CNC(=O)Nc2ccccc2)s1. The molecule has 0 aliphatic rings. The lowest BCUT2D eigenvalue weighted by Crippen LogP contribution is -2.27. The average molecular weight is 302 g/mol. The van der Waals surface area contributed by atoms with Crippen molar-refractivity contribution in [2.45, 2.75) is 6.54 Å². The molecule has 2 amide bonds. The predicted molar refractivity (Wildman–Crippen MR) is 83.3 cm³/mol. The maximum atomic E-state index is 11.7. The minimum absolute atomic E-state index is 0.280. The number of carboxylic acids is 1. The molecule has 0 bridgehead atoms. The summed E-state index contributed by atoms with van der Waals surface area (Å²) in [4.78, 5) is 23.9. The Bertz CT molecular complexity index is 650. The highest BCUT2D eigenvalue weighted by atomic mass is 32.1. The van der Waals surface area contributed by atoms with Gasteiger partial charge in [-0.05, 0) is 30.3 Å². The number of nitrogens with one attached hydrogen (secondary N) is 2. The fourth-order valence-electron chi connectivity index (χ4n) is 1.60. The van der Waals surface area contributed by atoms with E-state index in [1.165, 1.54) is 17.4 Å². The number of anilines is 1. The minimum atomic E-state index is -0.981. The standard InChI is InChI=1S/C15H14N2O3S/c18-14(19)9-8-12-6-7-13(21-12)10-16-15(20)17-11-4-2-1-3-5-11/h1-9H,10H2,(H,18,19)(H2,16,17,20). The Morgan fingerprint density at radius 2 is 1.90 bits per heavy atom. The molecule has 0 saturated heterocycles. The van der Waals surface area contributed by atoms with Crippen molar-refractivity contribution in [3.05, 3.63) is 58.3 Å². The first kappa shape index (κ1) is 14.8. The number of carbonyl (C=O) groups excluding carboxylic acids is 1. The molecule has 108 valence electrons. The first-order chi connectivity index (χ1) is 10.1. The number of aliphatic carboxylic acids is 1. The Hall–Kier alpha value is -2.60. The quantitative estimate of drug-likeness (QED) is 0.742. The van der Waals surface area contributed by atoms with Crippen molar-refractivity contribution >= 4 is 35.1 Å². The number of rotatable bonds is 5. The number of benzene rings is 1. The van der Waals surface area contributed by atoms with E-state index in [2.05, 4.69) is 10.6 Å².